The Morgan fingerprint density at radius 1 is 0.388 bits per heavy atom. The van der Waals surface area contributed by atoms with Crippen LogP contribution in [0.2, 0.25) is 0 Å². The lowest BCUT2D eigenvalue weighted by Gasteiger charge is -2.45. The Kier molecular flexibility index (Phi) is 9.67. The first-order valence-electron chi connectivity index (χ1n) is 24.2. The summed E-state index contributed by atoms with van der Waals surface area (Å²) in [5, 5.41) is 0. The Morgan fingerprint density at radius 3 is 1.54 bits per heavy atom. The Labute approximate surface area is 399 Å². The number of nitrogens with zero attached hydrogens (tertiary/aromatic N) is 3. The van der Waals surface area contributed by atoms with E-state index in [-0.39, 0.29) is 28.4 Å². The number of hydrogen-bond donors (Lipinski definition) is 0. The number of anilines is 9. The number of rotatable bonds is 5. The van der Waals surface area contributed by atoms with E-state index in [2.05, 4.69) is 267 Å². The Hall–Kier alpha value is -6.78. The van der Waals surface area contributed by atoms with E-state index in [9.17, 15) is 0 Å². The lowest BCUT2D eigenvalue weighted by atomic mass is 9.33. The van der Waals surface area contributed by atoms with Crippen LogP contribution in [0.25, 0.3) is 11.1 Å². The van der Waals surface area contributed by atoms with Crippen LogP contribution in [0.1, 0.15) is 104 Å². The van der Waals surface area contributed by atoms with E-state index < -0.39 is 0 Å². The highest BCUT2D eigenvalue weighted by Gasteiger charge is 2.45. The lowest BCUT2D eigenvalue weighted by Crippen LogP contribution is -2.61. The molecule has 0 spiro atoms. The van der Waals surface area contributed by atoms with Gasteiger partial charge in [-0.3, -0.25) is 0 Å². The monoisotopic (exact) mass is 872 g/mol. The minimum absolute atomic E-state index is 0.0160. The van der Waals surface area contributed by atoms with Crippen molar-refractivity contribution in [3.8, 4) is 11.1 Å². The number of benzene rings is 8. The molecule has 332 valence electrons. The Balaban J connectivity index is 1.23. The van der Waals surface area contributed by atoms with Gasteiger partial charge in [0.1, 0.15) is 0 Å². The molecule has 11 rings (SSSR count). The molecule has 2 aliphatic heterocycles. The highest BCUT2D eigenvalue weighted by Crippen LogP contribution is 2.52. The minimum atomic E-state index is -0.134. The second-order valence-corrected chi connectivity index (χ2v) is 22.8. The second kappa shape index (κ2) is 15.1. The third-order valence-corrected chi connectivity index (χ3v) is 14.9. The highest BCUT2D eigenvalue weighted by molar-refractivity contribution is 7.00. The maximum atomic E-state index is 2.60. The molecule has 0 saturated heterocycles. The molecule has 4 heteroatoms. The zero-order valence-electron chi connectivity index (χ0n) is 41.2. The summed E-state index contributed by atoms with van der Waals surface area (Å²) in [7, 11) is 0. The van der Waals surface area contributed by atoms with Crippen molar-refractivity contribution in [2.45, 2.75) is 97.8 Å². The average molecular weight is 872 g/mol. The van der Waals surface area contributed by atoms with Crippen LogP contribution in [0.4, 0.5) is 51.2 Å². The molecule has 0 N–H and O–H groups in total. The molecule has 67 heavy (non-hydrogen) atoms. The van der Waals surface area contributed by atoms with Gasteiger partial charge >= 0.3 is 0 Å². The second-order valence-electron chi connectivity index (χ2n) is 22.8. The fourth-order valence-electron chi connectivity index (χ4n) is 11.1. The van der Waals surface area contributed by atoms with Gasteiger partial charge in [0.25, 0.3) is 6.71 Å². The van der Waals surface area contributed by atoms with Crippen LogP contribution in [0.5, 0.6) is 0 Å². The summed E-state index contributed by atoms with van der Waals surface area (Å²) in [6.07, 6.45) is 0. The van der Waals surface area contributed by atoms with Gasteiger partial charge in [-0.25, -0.2) is 0 Å². The first-order chi connectivity index (χ1) is 31.9. The number of fused-ring (bicyclic) bond motifs is 7. The van der Waals surface area contributed by atoms with E-state index in [1.165, 1.54) is 83.8 Å². The van der Waals surface area contributed by atoms with Crippen molar-refractivity contribution in [3.63, 3.8) is 0 Å². The molecule has 0 bridgehead atoms. The van der Waals surface area contributed by atoms with Crippen molar-refractivity contribution >= 4 is 74.3 Å². The molecule has 0 saturated carbocycles. The summed E-state index contributed by atoms with van der Waals surface area (Å²) in [5.41, 5.74) is 23.8. The third kappa shape index (κ3) is 6.94. The van der Waals surface area contributed by atoms with Gasteiger partial charge in [-0.1, -0.05) is 173 Å². The van der Waals surface area contributed by atoms with Crippen molar-refractivity contribution in [2.75, 3.05) is 14.7 Å². The summed E-state index contributed by atoms with van der Waals surface area (Å²) in [6, 6.07) is 66.9. The maximum absolute atomic E-state index is 2.60. The summed E-state index contributed by atoms with van der Waals surface area (Å²) < 4.78 is 0. The molecule has 8 aromatic carbocycles. The molecule has 2 heterocycles. The molecule has 0 aromatic heterocycles. The molecule has 0 unspecified atom stereocenters. The average Bonchev–Trinajstić information content (AvgIpc) is 3.53. The summed E-state index contributed by atoms with van der Waals surface area (Å²) >= 11 is 0. The standard InChI is InChI=1S/C63H62BN3/c1-60(2,3)41-26-29-46(30-27-41)66-56-40-48(65(44-20-14-12-15-21-44)45-22-16-13-17-23-45)32-34-53(56)64-54-36-42(61(4,5)6)28-35-55(54)67(58-38-43(62(7,8)9)37-57(66)59(58)64)47-31-33-52-50(39-47)49-24-18-19-25-51(49)63(52,10)11/h12-40H,1-11H3. The lowest BCUT2D eigenvalue weighted by molar-refractivity contribution is 0.590. The van der Waals surface area contributed by atoms with Gasteiger partial charge in [-0.15, -0.1) is 0 Å². The smallest absolute Gasteiger partial charge is 0.252 e. The van der Waals surface area contributed by atoms with Gasteiger partial charge in [0.2, 0.25) is 0 Å². The molecule has 0 fully saturated rings. The quantitative estimate of drug-likeness (QED) is 0.160. The first-order valence-corrected chi connectivity index (χ1v) is 24.2. The molecule has 3 nitrogen and oxygen atoms in total. The molecule has 0 radical (unpaired) electrons. The van der Waals surface area contributed by atoms with Crippen LogP contribution in [-0.4, -0.2) is 6.71 Å². The van der Waals surface area contributed by atoms with Crippen molar-refractivity contribution in [2.24, 2.45) is 0 Å². The van der Waals surface area contributed by atoms with Crippen LogP contribution in [0, 0.1) is 0 Å². The molecular weight excluding hydrogens is 810 g/mol. The number of hydrogen-bond acceptors (Lipinski definition) is 3. The van der Waals surface area contributed by atoms with Crippen LogP contribution >= 0.6 is 0 Å². The summed E-state index contributed by atoms with van der Waals surface area (Å²) in [4.78, 5) is 7.59. The Morgan fingerprint density at radius 2 is 0.925 bits per heavy atom. The van der Waals surface area contributed by atoms with Crippen LogP contribution in [0.3, 0.4) is 0 Å². The molecular formula is C63H62BN3. The van der Waals surface area contributed by atoms with Crippen LogP contribution in [0.15, 0.2) is 176 Å². The van der Waals surface area contributed by atoms with Crippen molar-refractivity contribution in [3.05, 3.63) is 204 Å². The van der Waals surface area contributed by atoms with E-state index in [0.717, 1.165) is 22.7 Å². The molecule has 1 aliphatic carbocycles. The van der Waals surface area contributed by atoms with Gasteiger partial charge in [0, 0.05) is 56.6 Å². The van der Waals surface area contributed by atoms with E-state index >= 15 is 0 Å². The molecule has 0 amide bonds. The van der Waals surface area contributed by atoms with Gasteiger partial charge in [-0.2, -0.15) is 0 Å². The molecule has 8 aromatic rings. The third-order valence-electron chi connectivity index (χ3n) is 14.9. The van der Waals surface area contributed by atoms with Crippen molar-refractivity contribution in [1.29, 1.82) is 0 Å². The van der Waals surface area contributed by atoms with Crippen molar-refractivity contribution < 1.29 is 0 Å². The van der Waals surface area contributed by atoms with Crippen LogP contribution < -0.4 is 31.1 Å². The topological polar surface area (TPSA) is 9.72 Å². The highest BCUT2D eigenvalue weighted by atomic mass is 15.2. The largest absolute Gasteiger partial charge is 0.311 e. The van der Waals surface area contributed by atoms with E-state index in [1.54, 1.807) is 0 Å². The van der Waals surface area contributed by atoms with E-state index in [0.29, 0.717) is 0 Å². The van der Waals surface area contributed by atoms with E-state index in [1.807, 2.05) is 0 Å². The maximum Gasteiger partial charge on any atom is 0.252 e. The zero-order valence-corrected chi connectivity index (χ0v) is 41.2. The predicted molar refractivity (Wildman–Crippen MR) is 289 cm³/mol. The fourth-order valence-corrected chi connectivity index (χ4v) is 11.1. The van der Waals surface area contributed by atoms with Gasteiger partial charge in [0.05, 0.1) is 0 Å². The summed E-state index contributed by atoms with van der Waals surface area (Å²) in [6.45, 7) is 25.7. The number of para-hydroxylation sites is 2. The Bertz CT molecular complexity index is 3180. The molecule has 3 aliphatic rings. The molecule has 0 atom stereocenters. The first kappa shape index (κ1) is 42.8. The minimum Gasteiger partial charge on any atom is -0.311 e. The SMILES string of the molecule is CC(C)(C)c1ccc(N2c3cc(N(c4ccccc4)c4ccccc4)ccc3B3c4cc(C(C)(C)C)ccc4N(c4ccc5c(c4)-c4ccccc4C5(C)C)c4cc(C(C)(C)C)cc2c43)cc1. The van der Waals surface area contributed by atoms with Gasteiger partial charge in [0.15, 0.2) is 0 Å². The normalized spacial score (nSPS) is 14.5. The van der Waals surface area contributed by atoms with Crippen molar-refractivity contribution in [1.82, 2.24) is 0 Å². The van der Waals surface area contributed by atoms with Gasteiger partial charge in [-0.05, 0) is 150 Å². The van der Waals surface area contributed by atoms with E-state index in [4.69, 9.17) is 0 Å². The van der Waals surface area contributed by atoms with Gasteiger partial charge < -0.3 is 14.7 Å². The fraction of sp³-hybridized carbons (Fsp3) is 0.238. The zero-order chi connectivity index (χ0) is 46.8. The predicted octanol–water partition coefficient (Wildman–Crippen LogP) is 15.4. The summed E-state index contributed by atoms with van der Waals surface area (Å²) in [5.74, 6) is 0. The van der Waals surface area contributed by atoms with Crippen LogP contribution in [-0.2, 0) is 21.7 Å².